The number of unbranched alkanes of at least 4 members (excludes halogenated alkanes) is 6. The van der Waals surface area contributed by atoms with Crippen molar-refractivity contribution in [2.75, 3.05) is 6.61 Å². The van der Waals surface area contributed by atoms with Gasteiger partial charge in [0.05, 0.1) is 12.0 Å². The zero-order chi connectivity index (χ0) is 19.8. The van der Waals surface area contributed by atoms with Crippen LogP contribution in [0.2, 0.25) is 0 Å². The third kappa shape index (κ3) is 12.3. The lowest BCUT2D eigenvalue weighted by molar-refractivity contribution is 0.248. The van der Waals surface area contributed by atoms with E-state index in [0.717, 1.165) is 19.3 Å². The molecule has 0 aromatic heterocycles. The van der Waals surface area contributed by atoms with Crippen LogP contribution in [0.1, 0.15) is 91.4 Å². The molecule has 0 fully saturated rings. The van der Waals surface area contributed by atoms with Gasteiger partial charge in [0.25, 0.3) is 0 Å². The molecule has 1 rings (SSSR count). The molecule has 0 aromatic rings. The predicted molar refractivity (Wildman–Crippen MR) is 114 cm³/mol. The minimum Gasteiger partial charge on any atom is -0.476 e. The van der Waals surface area contributed by atoms with Gasteiger partial charge in [0.2, 0.25) is 5.90 Å². The van der Waals surface area contributed by atoms with Crippen molar-refractivity contribution in [3.8, 4) is 23.7 Å². The van der Waals surface area contributed by atoms with E-state index in [4.69, 9.17) is 4.74 Å². The van der Waals surface area contributed by atoms with Crippen LogP contribution in [-0.4, -0.2) is 24.2 Å². The van der Waals surface area contributed by atoms with Gasteiger partial charge in [0.15, 0.2) is 6.17 Å². The Morgan fingerprint density at radius 3 is 2.33 bits per heavy atom. The Bertz CT molecular complexity index is 583. The van der Waals surface area contributed by atoms with E-state index < -0.39 is 6.17 Å². The monoisotopic (exact) mass is 373 g/mol. The molecule has 1 aliphatic heterocycles. The fourth-order valence-electron chi connectivity index (χ4n) is 2.67. The number of hydrogen-bond donors (Lipinski definition) is 0. The van der Waals surface area contributed by atoms with Gasteiger partial charge in [-0.2, -0.15) is 0 Å². The first kappa shape index (κ1) is 23.3. The number of hydrogen-bond acceptors (Lipinski definition) is 2. The summed E-state index contributed by atoms with van der Waals surface area (Å²) in [7, 11) is 0. The standard InChI is InChI=1S/C24H36FNO/c1-4-5-6-7-8-9-10-11-12-13-14-15-16-17-18-19-20-22(25)23-26-24(2,3)21-27-23/h8-9,22H,4-7,10-13,16,19-21H2,1-3H3. The molecule has 1 aliphatic rings. The van der Waals surface area contributed by atoms with Crippen molar-refractivity contribution in [3.63, 3.8) is 0 Å². The van der Waals surface area contributed by atoms with E-state index in [1.807, 2.05) is 13.8 Å². The summed E-state index contributed by atoms with van der Waals surface area (Å²) >= 11 is 0. The molecule has 0 amide bonds. The van der Waals surface area contributed by atoms with Gasteiger partial charge in [-0.25, -0.2) is 9.38 Å². The van der Waals surface area contributed by atoms with Crippen molar-refractivity contribution in [1.82, 2.24) is 0 Å². The maximum atomic E-state index is 14.0. The van der Waals surface area contributed by atoms with E-state index in [1.165, 1.54) is 32.1 Å². The zero-order valence-electron chi connectivity index (χ0n) is 17.5. The van der Waals surface area contributed by atoms with Crippen LogP contribution in [0.25, 0.3) is 0 Å². The van der Waals surface area contributed by atoms with Crippen LogP contribution in [0, 0.1) is 23.7 Å². The summed E-state index contributed by atoms with van der Waals surface area (Å²) in [6.45, 7) is 6.57. The third-order valence-electron chi connectivity index (χ3n) is 4.27. The lowest BCUT2D eigenvalue weighted by Crippen LogP contribution is -2.17. The van der Waals surface area contributed by atoms with Crippen molar-refractivity contribution in [2.24, 2.45) is 4.99 Å². The Balaban J connectivity index is 2.00. The Morgan fingerprint density at radius 2 is 1.70 bits per heavy atom. The van der Waals surface area contributed by atoms with Crippen LogP contribution in [0.3, 0.4) is 0 Å². The average molecular weight is 374 g/mol. The summed E-state index contributed by atoms with van der Waals surface area (Å²) in [6.07, 6.45) is 14.5. The van der Waals surface area contributed by atoms with E-state index in [-0.39, 0.29) is 11.4 Å². The summed E-state index contributed by atoms with van der Waals surface area (Å²) < 4.78 is 19.3. The molecule has 2 nitrogen and oxygen atoms in total. The van der Waals surface area contributed by atoms with Gasteiger partial charge in [-0.1, -0.05) is 43.8 Å². The van der Waals surface area contributed by atoms with Gasteiger partial charge >= 0.3 is 0 Å². The van der Waals surface area contributed by atoms with Crippen molar-refractivity contribution in [3.05, 3.63) is 12.2 Å². The Morgan fingerprint density at radius 1 is 1.04 bits per heavy atom. The van der Waals surface area contributed by atoms with Crippen molar-refractivity contribution in [2.45, 2.75) is 103 Å². The zero-order valence-corrected chi connectivity index (χ0v) is 17.5. The number of nitrogens with zero attached hydrogens (tertiary/aromatic N) is 1. The van der Waals surface area contributed by atoms with E-state index in [1.54, 1.807) is 0 Å². The van der Waals surface area contributed by atoms with E-state index in [9.17, 15) is 4.39 Å². The molecule has 0 saturated heterocycles. The molecule has 3 heteroatoms. The summed E-state index contributed by atoms with van der Waals surface area (Å²) in [5.74, 6) is 12.5. The third-order valence-corrected chi connectivity index (χ3v) is 4.27. The van der Waals surface area contributed by atoms with Gasteiger partial charge < -0.3 is 4.74 Å². The number of ether oxygens (including phenoxy) is 1. The van der Waals surface area contributed by atoms with Gasteiger partial charge in [0, 0.05) is 12.8 Å². The van der Waals surface area contributed by atoms with Gasteiger partial charge in [-0.3, -0.25) is 0 Å². The minimum absolute atomic E-state index is 0.234. The number of allylic oxidation sites excluding steroid dienone is 2. The van der Waals surface area contributed by atoms with Crippen molar-refractivity contribution < 1.29 is 9.13 Å². The lowest BCUT2D eigenvalue weighted by Gasteiger charge is -2.07. The molecule has 27 heavy (non-hydrogen) atoms. The summed E-state index contributed by atoms with van der Waals surface area (Å²) in [5, 5.41) is 0. The van der Waals surface area contributed by atoms with Crippen molar-refractivity contribution in [1.29, 1.82) is 0 Å². The largest absolute Gasteiger partial charge is 0.476 e. The SMILES string of the molecule is CCCCCC=CCCCCC#CCC#CCCC(F)C1=NC(C)(C)CO1. The van der Waals surface area contributed by atoms with Crippen LogP contribution in [0.15, 0.2) is 17.1 Å². The molecule has 0 N–H and O–H groups in total. The second-order valence-electron chi connectivity index (χ2n) is 7.65. The average Bonchev–Trinajstić information content (AvgIpc) is 3.01. The number of alkyl halides is 1. The number of aliphatic imine (C=N–C) groups is 1. The van der Waals surface area contributed by atoms with Crippen LogP contribution in [0.5, 0.6) is 0 Å². The fourth-order valence-corrected chi connectivity index (χ4v) is 2.67. The highest BCUT2D eigenvalue weighted by Gasteiger charge is 2.30. The van der Waals surface area contributed by atoms with Gasteiger partial charge in [0.1, 0.15) is 6.61 Å². The van der Waals surface area contributed by atoms with Crippen LogP contribution < -0.4 is 0 Å². The molecule has 0 saturated carbocycles. The number of halogens is 1. The molecule has 0 radical (unpaired) electrons. The molecule has 1 heterocycles. The first-order chi connectivity index (χ1) is 13.0. The second-order valence-corrected chi connectivity index (χ2v) is 7.65. The van der Waals surface area contributed by atoms with Crippen molar-refractivity contribution >= 4 is 5.90 Å². The topological polar surface area (TPSA) is 21.6 Å². The summed E-state index contributed by atoms with van der Waals surface area (Å²) in [4.78, 5) is 4.26. The van der Waals surface area contributed by atoms with Crippen LogP contribution in [-0.2, 0) is 4.74 Å². The highest BCUT2D eigenvalue weighted by Crippen LogP contribution is 2.20. The molecule has 1 atom stereocenters. The molecular weight excluding hydrogens is 337 g/mol. The molecule has 0 bridgehead atoms. The first-order valence-corrected chi connectivity index (χ1v) is 10.5. The Kier molecular flexibility index (Phi) is 12.4. The van der Waals surface area contributed by atoms with Gasteiger partial charge in [-0.05, 0) is 52.4 Å². The Hall–Kier alpha value is -1.74. The van der Waals surface area contributed by atoms with Crippen LogP contribution >= 0.6 is 0 Å². The minimum atomic E-state index is -1.15. The molecular formula is C24H36FNO. The second kappa shape index (κ2) is 14.3. The Labute approximate surface area is 166 Å². The molecule has 0 aliphatic carbocycles. The first-order valence-electron chi connectivity index (χ1n) is 10.5. The normalized spacial score (nSPS) is 16.1. The van der Waals surface area contributed by atoms with E-state index in [0.29, 0.717) is 25.9 Å². The highest BCUT2D eigenvalue weighted by atomic mass is 19.1. The molecule has 1 unspecified atom stereocenters. The summed E-state index contributed by atoms with van der Waals surface area (Å²) in [6, 6.07) is 0. The predicted octanol–water partition coefficient (Wildman–Crippen LogP) is 6.41. The molecule has 150 valence electrons. The molecule has 0 aromatic carbocycles. The maximum absolute atomic E-state index is 14.0. The quantitative estimate of drug-likeness (QED) is 0.233. The highest BCUT2D eigenvalue weighted by molar-refractivity contribution is 5.82. The smallest absolute Gasteiger partial charge is 0.219 e. The van der Waals surface area contributed by atoms with E-state index in [2.05, 4.69) is 47.7 Å². The maximum Gasteiger partial charge on any atom is 0.219 e. The van der Waals surface area contributed by atoms with E-state index >= 15 is 0 Å². The lowest BCUT2D eigenvalue weighted by atomic mass is 10.1. The fraction of sp³-hybridized carbons (Fsp3) is 0.708. The summed E-state index contributed by atoms with van der Waals surface area (Å²) in [5.41, 5.74) is -0.300. The van der Waals surface area contributed by atoms with Crippen LogP contribution in [0.4, 0.5) is 4.39 Å². The van der Waals surface area contributed by atoms with Gasteiger partial charge in [-0.15, -0.1) is 11.8 Å². The number of rotatable bonds is 11. The molecule has 0 spiro atoms.